The highest BCUT2D eigenvalue weighted by molar-refractivity contribution is 7.89. The number of hydrogen-bond acceptors (Lipinski definition) is 4. The van der Waals surface area contributed by atoms with Gasteiger partial charge < -0.3 is 10.1 Å². The van der Waals surface area contributed by atoms with Crippen molar-refractivity contribution >= 4 is 15.9 Å². The Bertz CT molecular complexity index is 583. The minimum Gasteiger partial charge on any atom is -0.497 e. The summed E-state index contributed by atoms with van der Waals surface area (Å²) in [5.41, 5.74) is 0.936. The van der Waals surface area contributed by atoms with Crippen molar-refractivity contribution in [2.24, 2.45) is 0 Å². The summed E-state index contributed by atoms with van der Waals surface area (Å²) in [4.78, 5) is 11.9. The largest absolute Gasteiger partial charge is 0.497 e. The topological polar surface area (TPSA) is 75.7 Å². The molecule has 6 nitrogen and oxygen atoms in total. The van der Waals surface area contributed by atoms with E-state index in [2.05, 4.69) is 5.32 Å². The lowest BCUT2D eigenvalue weighted by Gasteiger charge is -2.25. The molecule has 0 spiro atoms. The molecule has 0 bridgehead atoms. The molecule has 116 valence electrons. The third kappa shape index (κ3) is 4.44. The first-order chi connectivity index (χ1) is 10.0. The van der Waals surface area contributed by atoms with Crippen molar-refractivity contribution in [3.8, 4) is 5.75 Å². The number of methoxy groups -OCH3 is 1. The second kappa shape index (κ2) is 6.91. The SMILES string of the molecule is COc1ccc(CNC(=O)CN2CCCCS2(=O)=O)cc1. The van der Waals surface area contributed by atoms with Crippen molar-refractivity contribution in [2.75, 3.05) is 26.0 Å². The highest BCUT2D eigenvalue weighted by Crippen LogP contribution is 2.13. The first-order valence-corrected chi connectivity index (χ1v) is 8.49. The highest BCUT2D eigenvalue weighted by Gasteiger charge is 2.27. The number of ether oxygens (including phenoxy) is 1. The summed E-state index contributed by atoms with van der Waals surface area (Å²) in [5.74, 6) is 0.611. The lowest BCUT2D eigenvalue weighted by atomic mass is 10.2. The molecule has 1 heterocycles. The Morgan fingerprint density at radius 3 is 2.62 bits per heavy atom. The zero-order chi connectivity index (χ0) is 15.3. The van der Waals surface area contributed by atoms with Gasteiger partial charge in [0.25, 0.3) is 0 Å². The molecular formula is C14H20N2O4S. The Morgan fingerprint density at radius 2 is 2.00 bits per heavy atom. The number of amides is 1. The molecule has 0 atom stereocenters. The third-order valence-corrected chi connectivity index (χ3v) is 5.32. The van der Waals surface area contributed by atoms with E-state index in [0.717, 1.165) is 17.7 Å². The van der Waals surface area contributed by atoms with E-state index < -0.39 is 10.0 Å². The van der Waals surface area contributed by atoms with Crippen LogP contribution >= 0.6 is 0 Å². The summed E-state index contributed by atoms with van der Waals surface area (Å²) >= 11 is 0. The monoisotopic (exact) mass is 312 g/mol. The summed E-state index contributed by atoms with van der Waals surface area (Å²) in [7, 11) is -1.66. The van der Waals surface area contributed by atoms with E-state index in [4.69, 9.17) is 4.74 Å². The van der Waals surface area contributed by atoms with Crippen LogP contribution in [0.2, 0.25) is 0 Å². The summed E-state index contributed by atoms with van der Waals surface area (Å²) in [6.07, 6.45) is 1.48. The Balaban J connectivity index is 1.84. The van der Waals surface area contributed by atoms with Crippen molar-refractivity contribution in [2.45, 2.75) is 19.4 Å². The van der Waals surface area contributed by atoms with Crippen LogP contribution in [0.3, 0.4) is 0 Å². The fourth-order valence-electron chi connectivity index (χ4n) is 2.18. The number of rotatable bonds is 5. The molecule has 0 aromatic heterocycles. The third-order valence-electron chi connectivity index (χ3n) is 3.42. The number of carbonyl (C=O) groups excluding carboxylic acids is 1. The number of hydrogen-bond donors (Lipinski definition) is 1. The van der Waals surface area contributed by atoms with Crippen molar-refractivity contribution in [3.05, 3.63) is 29.8 Å². The van der Waals surface area contributed by atoms with Crippen LogP contribution in [-0.4, -0.2) is 44.6 Å². The molecule has 1 saturated heterocycles. The molecule has 2 rings (SSSR count). The van der Waals surface area contributed by atoms with Gasteiger partial charge in [0.05, 0.1) is 19.4 Å². The van der Waals surface area contributed by atoms with E-state index >= 15 is 0 Å². The molecule has 7 heteroatoms. The van der Waals surface area contributed by atoms with Crippen LogP contribution in [0, 0.1) is 0 Å². The van der Waals surface area contributed by atoms with Crippen LogP contribution in [0.25, 0.3) is 0 Å². The quantitative estimate of drug-likeness (QED) is 0.870. The zero-order valence-electron chi connectivity index (χ0n) is 12.0. The van der Waals surface area contributed by atoms with Crippen LogP contribution in [-0.2, 0) is 21.4 Å². The van der Waals surface area contributed by atoms with E-state index in [-0.39, 0.29) is 18.2 Å². The molecule has 0 unspecified atom stereocenters. The fourth-order valence-corrected chi connectivity index (χ4v) is 3.73. The second-order valence-electron chi connectivity index (χ2n) is 4.98. The van der Waals surface area contributed by atoms with Crippen LogP contribution in [0.5, 0.6) is 5.75 Å². The smallest absolute Gasteiger partial charge is 0.235 e. The number of sulfonamides is 1. The molecule has 1 amide bonds. The van der Waals surface area contributed by atoms with E-state index in [1.807, 2.05) is 24.3 Å². The molecular weight excluding hydrogens is 292 g/mol. The number of nitrogens with one attached hydrogen (secondary N) is 1. The van der Waals surface area contributed by atoms with E-state index in [1.54, 1.807) is 7.11 Å². The first kappa shape index (κ1) is 15.8. The predicted molar refractivity (Wildman–Crippen MR) is 79.4 cm³/mol. The summed E-state index contributed by atoms with van der Waals surface area (Å²) in [5, 5.41) is 2.74. The summed E-state index contributed by atoms with van der Waals surface area (Å²) in [6, 6.07) is 7.35. The van der Waals surface area contributed by atoms with Gasteiger partial charge in [-0.25, -0.2) is 8.42 Å². The highest BCUT2D eigenvalue weighted by atomic mass is 32.2. The Labute approximate surface area is 125 Å². The molecule has 0 saturated carbocycles. The Hall–Kier alpha value is -1.60. The fraction of sp³-hybridized carbons (Fsp3) is 0.500. The lowest BCUT2D eigenvalue weighted by Crippen LogP contribution is -2.44. The average Bonchev–Trinajstić information content (AvgIpc) is 2.48. The molecule has 1 N–H and O–H groups in total. The van der Waals surface area contributed by atoms with Gasteiger partial charge in [0.2, 0.25) is 15.9 Å². The standard InChI is InChI=1S/C14H20N2O4S/c1-20-13-6-4-12(5-7-13)10-15-14(17)11-16-8-2-3-9-21(16,18)19/h4-7H,2-3,8-11H2,1H3,(H,15,17). The molecule has 1 fully saturated rings. The van der Waals surface area contributed by atoms with Gasteiger partial charge in [-0.05, 0) is 30.5 Å². The van der Waals surface area contributed by atoms with Gasteiger partial charge >= 0.3 is 0 Å². The minimum absolute atomic E-state index is 0.0987. The van der Waals surface area contributed by atoms with Gasteiger partial charge in [-0.3, -0.25) is 4.79 Å². The molecule has 1 aliphatic heterocycles. The van der Waals surface area contributed by atoms with E-state index in [1.165, 1.54) is 4.31 Å². The van der Waals surface area contributed by atoms with Crippen LogP contribution in [0.4, 0.5) is 0 Å². The predicted octanol–water partition coefficient (Wildman–Crippen LogP) is 0.737. The average molecular weight is 312 g/mol. The van der Waals surface area contributed by atoms with Gasteiger partial charge in [0.1, 0.15) is 5.75 Å². The van der Waals surface area contributed by atoms with Gasteiger partial charge in [0, 0.05) is 13.1 Å². The van der Waals surface area contributed by atoms with Crippen LogP contribution in [0.15, 0.2) is 24.3 Å². The van der Waals surface area contributed by atoms with Crippen LogP contribution in [0.1, 0.15) is 18.4 Å². The summed E-state index contributed by atoms with van der Waals surface area (Å²) in [6.45, 7) is 0.702. The molecule has 1 aliphatic rings. The number of benzene rings is 1. The maximum absolute atomic E-state index is 11.9. The van der Waals surface area contributed by atoms with Crippen molar-refractivity contribution in [1.29, 1.82) is 0 Å². The van der Waals surface area contributed by atoms with Crippen LogP contribution < -0.4 is 10.1 Å². The molecule has 1 aromatic rings. The van der Waals surface area contributed by atoms with Gasteiger partial charge in [-0.2, -0.15) is 4.31 Å². The normalized spacial score (nSPS) is 18.1. The van der Waals surface area contributed by atoms with Crippen molar-refractivity contribution in [1.82, 2.24) is 9.62 Å². The molecule has 0 radical (unpaired) electrons. The molecule has 0 aliphatic carbocycles. The van der Waals surface area contributed by atoms with E-state index in [0.29, 0.717) is 19.5 Å². The van der Waals surface area contributed by atoms with Crippen molar-refractivity contribution < 1.29 is 17.9 Å². The Kier molecular flexibility index (Phi) is 5.19. The minimum atomic E-state index is -3.25. The summed E-state index contributed by atoms with van der Waals surface area (Å²) < 4.78 is 29.9. The Morgan fingerprint density at radius 1 is 1.29 bits per heavy atom. The van der Waals surface area contributed by atoms with Gasteiger partial charge in [-0.15, -0.1) is 0 Å². The maximum atomic E-state index is 11.9. The second-order valence-corrected chi connectivity index (χ2v) is 7.07. The van der Waals surface area contributed by atoms with Gasteiger partial charge in [0.15, 0.2) is 0 Å². The van der Waals surface area contributed by atoms with Gasteiger partial charge in [-0.1, -0.05) is 12.1 Å². The molecule has 1 aromatic carbocycles. The first-order valence-electron chi connectivity index (χ1n) is 6.89. The number of carbonyl (C=O) groups is 1. The van der Waals surface area contributed by atoms with Crippen molar-refractivity contribution in [3.63, 3.8) is 0 Å². The van der Waals surface area contributed by atoms with E-state index in [9.17, 15) is 13.2 Å². The maximum Gasteiger partial charge on any atom is 0.235 e. The number of nitrogens with zero attached hydrogens (tertiary/aromatic N) is 1. The molecule has 21 heavy (non-hydrogen) atoms. The zero-order valence-corrected chi connectivity index (χ0v) is 12.9. The lowest BCUT2D eigenvalue weighted by molar-refractivity contribution is -0.121.